The van der Waals surface area contributed by atoms with Crippen LogP contribution in [-0.4, -0.2) is 44.0 Å². The molecule has 2 aromatic rings. The Balaban J connectivity index is 1.56. The van der Waals surface area contributed by atoms with Gasteiger partial charge in [0.15, 0.2) is 5.82 Å². The average molecular weight is 343 g/mol. The van der Waals surface area contributed by atoms with Gasteiger partial charge in [0.25, 0.3) is 0 Å². The second-order valence-electron chi connectivity index (χ2n) is 6.91. The van der Waals surface area contributed by atoms with Crippen molar-refractivity contribution < 1.29 is 9.32 Å². The first-order valence-electron chi connectivity index (χ1n) is 8.92. The number of hydrogen-bond donors (Lipinski definition) is 0. The summed E-state index contributed by atoms with van der Waals surface area (Å²) < 4.78 is 5.22. The van der Waals surface area contributed by atoms with E-state index in [9.17, 15) is 4.79 Å². The highest BCUT2D eigenvalue weighted by atomic mass is 16.5. The standard InChI is InChI=1S/C18H25N5O2/c1-12(2)18-21-16(25-22-18)6-7-17(24)23-10-4-5-14(11-23)15-8-9-19-13(3)20-15/h8-9,12,14H,4-7,10-11H2,1-3H3. The molecule has 25 heavy (non-hydrogen) atoms. The number of piperidine rings is 1. The number of carbonyl (C=O) groups is 1. The van der Waals surface area contributed by atoms with E-state index in [0.717, 1.165) is 37.4 Å². The van der Waals surface area contributed by atoms with Crippen LogP contribution in [-0.2, 0) is 11.2 Å². The first-order chi connectivity index (χ1) is 12.0. The summed E-state index contributed by atoms with van der Waals surface area (Å²) in [6.07, 6.45) is 4.74. The number of aromatic nitrogens is 4. The van der Waals surface area contributed by atoms with Gasteiger partial charge in [0.1, 0.15) is 5.82 Å². The summed E-state index contributed by atoms with van der Waals surface area (Å²) in [5, 5.41) is 3.94. The summed E-state index contributed by atoms with van der Waals surface area (Å²) in [7, 11) is 0. The summed E-state index contributed by atoms with van der Waals surface area (Å²) in [4.78, 5) is 27.5. The maximum absolute atomic E-state index is 12.6. The minimum absolute atomic E-state index is 0.139. The first-order valence-corrected chi connectivity index (χ1v) is 8.92. The summed E-state index contributed by atoms with van der Waals surface area (Å²) in [5.41, 5.74) is 1.03. The van der Waals surface area contributed by atoms with Gasteiger partial charge in [-0.25, -0.2) is 9.97 Å². The lowest BCUT2D eigenvalue weighted by Gasteiger charge is -2.32. The van der Waals surface area contributed by atoms with Crippen LogP contribution in [0, 0.1) is 6.92 Å². The van der Waals surface area contributed by atoms with Crippen LogP contribution in [0.5, 0.6) is 0 Å². The van der Waals surface area contributed by atoms with E-state index in [2.05, 4.69) is 20.1 Å². The highest BCUT2D eigenvalue weighted by Gasteiger charge is 2.26. The number of nitrogens with zero attached hydrogens (tertiary/aromatic N) is 5. The third-order valence-electron chi connectivity index (χ3n) is 4.54. The van der Waals surface area contributed by atoms with Gasteiger partial charge in [-0.1, -0.05) is 19.0 Å². The summed E-state index contributed by atoms with van der Waals surface area (Å²) in [5.74, 6) is 2.66. The Labute approximate surface area is 147 Å². The van der Waals surface area contributed by atoms with Crippen molar-refractivity contribution in [3.05, 3.63) is 35.5 Å². The number of hydrogen-bond acceptors (Lipinski definition) is 6. The molecule has 0 aromatic carbocycles. The van der Waals surface area contributed by atoms with E-state index in [4.69, 9.17) is 4.52 Å². The first kappa shape index (κ1) is 17.5. The van der Waals surface area contributed by atoms with Crippen LogP contribution in [0.25, 0.3) is 0 Å². The Kier molecular flexibility index (Phi) is 5.40. The van der Waals surface area contributed by atoms with Gasteiger partial charge in [-0.2, -0.15) is 4.98 Å². The fourth-order valence-corrected chi connectivity index (χ4v) is 3.12. The highest BCUT2D eigenvalue weighted by molar-refractivity contribution is 5.76. The van der Waals surface area contributed by atoms with Gasteiger partial charge >= 0.3 is 0 Å². The van der Waals surface area contributed by atoms with Gasteiger partial charge < -0.3 is 9.42 Å². The van der Waals surface area contributed by atoms with E-state index < -0.39 is 0 Å². The maximum atomic E-state index is 12.6. The molecule has 0 aliphatic carbocycles. The van der Waals surface area contributed by atoms with Gasteiger partial charge in [-0.05, 0) is 25.8 Å². The normalized spacial score (nSPS) is 17.9. The average Bonchev–Trinajstić information content (AvgIpc) is 3.09. The van der Waals surface area contributed by atoms with Crippen molar-refractivity contribution in [1.82, 2.24) is 25.0 Å². The fourth-order valence-electron chi connectivity index (χ4n) is 3.12. The maximum Gasteiger partial charge on any atom is 0.227 e. The molecule has 7 heteroatoms. The second kappa shape index (κ2) is 7.72. The van der Waals surface area contributed by atoms with Crippen molar-refractivity contribution in [2.75, 3.05) is 13.1 Å². The zero-order valence-electron chi connectivity index (χ0n) is 15.1. The molecule has 1 amide bonds. The largest absolute Gasteiger partial charge is 0.342 e. The molecule has 1 saturated heterocycles. The minimum atomic E-state index is 0.139. The summed E-state index contributed by atoms with van der Waals surface area (Å²) in [6.45, 7) is 7.45. The molecule has 1 unspecified atom stereocenters. The zero-order chi connectivity index (χ0) is 17.8. The Hall–Kier alpha value is -2.31. The summed E-state index contributed by atoms with van der Waals surface area (Å²) >= 11 is 0. The van der Waals surface area contributed by atoms with Gasteiger partial charge in [-0.3, -0.25) is 4.79 Å². The molecule has 3 heterocycles. The smallest absolute Gasteiger partial charge is 0.227 e. The molecule has 1 atom stereocenters. The number of carbonyl (C=O) groups excluding carboxylic acids is 1. The van der Waals surface area contributed by atoms with E-state index in [1.165, 1.54) is 0 Å². The molecule has 1 aliphatic rings. The van der Waals surface area contributed by atoms with Crippen molar-refractivity contribution in [1.29, 1.82) is 0 Å². The molecule has 1 aliphatic heterocycles. The Morgan fingerprint density at radius 2 is 2.24 bits per heavy atom. The Bertz CT molecular complexity index is 728. The highest BCUT2D eigenvalue weighted by Crippen LogP contribution is 2.26. The van der Waals surface area contributed by atoms with Crippen LogP contribution >= 0.6 is 0 Å². The third kappa shape index (κ3) is 4.41. The lowest BCUT2D eigenvalue weighted by Crippen LogP contribution is -2.39. The van der Waals surface area contributed by atoms with Crippen molar-refractivity contribution >= 4 is 5.91 Å². The predicted octanol–water partition coefficient (Wildman–Crippen LogP) is 2.63. The van der Waals surface area contributed by atoms with E-state index in [1.54, 1.807) is 6.20 Å². The van der Waals surface area contributed by atoms with Crippen LogP contribution in [0.15, 0.2) is 16.8 Å². The minimum Gasteiger partial charge on any atom is -0.342 e. The topological polar surface area (TPSA) is 85.0 Å². The molecule has 3 rings (SSSR count). The Morgan fingerprint density at radius 1 is 1.40 bits per heavy atom. The van der Waals surface area contributed by atoms with Crippen LogP contribution in [0.4, 0.5) is 0 Å². The zero-order valence-corrected chi connectivity index (χ0v) is 15.1. The van der Waals surface area contributed by atoms with Crippen molar-refractivity contribution in [2.45, 2.75) is 58.3 Å². The summed E-state index contributed by atoms with van der Waals surface area (Å²) in [6, 6.07) is 1.96. The van der Waals surface area contributed by atoms with Crippen LogP contribution in [0.1, 0.15) is 68.2 Å². The SMILES string of the molecule is Cc1nccc(C2CCCN(C(=O)CCc3nc(C(C)C)no3)C2)n1. The fraction of sp³-hybridized carbons (Fsp3) is 0.611. The predicted molar refractivity (Wildman–Crippen MR) is 92.0 cm³/mol. The lowest BCUT2D eigenvalue weighted by molar-refractivity contribution is -0.132. The molecule has 0 radical (unpaired) electrons. The van der Waals surface area contributed by atoms with Crippen molar-refractivity contribution in [3.8, 4) is 0 Å². The van der Waals surface area contributed by atoms with Crippen LogP contribution in [0.2, 0.25) is 0 Å². The number of amides is 1. The van der Waals surface area contributed by atoms with E-state index in [-0.39, 0.29) is 17.7 Å². The van der Waals surface area contributed by atoms with Gasteiger partial charge in [0.2, 0.25) is 11.8 Å². The van der Waals surface area contributed by atoms with E-state index in [0.29, 0.717) is 24.6 Å². The molecule has 2 aromatic heterocycles. The van der Waals surface area contributed by atoms with Crippen molar-refractivity contribution in [3.63, 3.8) is 0 Å². The van der Waals surface area contributed by atoms with Gasteiger partial charge in [0.05, 0.1) is 0 Å². The molecule has 0 bridgehead atoms. The molecule has 7 nitrogen and oxygen atoms in total. The molecular formula is C18H25N5O2. The molecular weight excluding hydrogens is 318 g/mol. The van der Waals surface area contributed by atoms with Crippen LogP contribution in [0.3, 0.4) is 0 Å². The van der Waals surface area contributed by atoms with Crippen LogP contribution < -0.4 is 0 Å². The van der Waals surface area contributed by atoms with E-state index in [1.807, 2.05) is 31.7 Å². The van der Waals surface area contributed by atoms with Gasteiger partial charge in [-0.15, -0.1) is 0 Å². The third-order valence-corrected chi connectivity index (χ3v) is 4.54. The van der Waals surface area contributed by atoms with Crippen molar-refractivity contribution in [2.24, 2.45) is 0 Å². The molecule has 1 fully saturated rings. The molecule has 134 valence electrons. The quantitative estimate of drug-likeness (QED) is 0.829. The molecule has 0 spiro atoms. The molecule has 0 saturated carbocycles. The van der Waals surface area contributed by atoms with E-state index >= 15 is 0 Å². The lowest BCUT2D eigenvalue weighted by atomic mass is 9.94. The number of aryl methyl sites for hydroxylation is 2. The number of likely N-dealkylation sites (tertiary alicyclic amines) is 1. The Morgan fingerprint density at radius 3 is 2.96 bits per heavy atom. The van der Waals surface area contributed by atoms with Gasteiger partial charge in [0, 0.05) is 49.7 Å². The monoisotopic (exact) mass is 343 g/mol. The second-order valence-corrected chi connectivity index (χ2v) is 6.91. The number of rotatable bonds is 5. The molecule has 0 N–H and O–H groups in total.